The van der Waals surface area contributed by atoms with Crippen molar-refractivity contribution >= 4 is 11.5 Å². The van der Waals surface area contributed by atoms with E-state index in [9.17, 15) is 9.18 Å². The van der Waals surface area contributed by atoms with Gasteiger partial charge >= 0.3 is 0 Å². The van der Waals surface area contributed by atoms with Crippen LogP contribution in [0.25, 0.3) is 5.69 Å². The molecule has 1 heterocycles. The van der Waals surface area contributed by atoms with Gasteiger partial charge in [-0.05, 0) is 30.3 Å². The number of carbonyl (C=O) groups is 1. The molecule has 104 valence electrons. The standard InChI is InChI=1S/C16H12FN3O/c17-12-6-7-15(18)14(8-12)16(21)11-9-19-20(10-11)13-4-2-1-3-5-13/h1-10H,18H2. The van der Waals surface area contributed by atoms with Crippen LogP contribution in [0.4, 0.5) is 10.1 Å². The number of hydrogen-bond acceptors (Lipinski definition) is 3. The highest BCUT2D eigenvalue weighted by Gasteiger charge is 2.15. The lowest BCUT2D eigenvalue weighted by Crippen LogP contribution is -2.05. The Morgan fingerprint density at radius 2 is 1.90 bits per heavy atom. The number of carbonyl (C=O) groups excluding carboxylic acids is 1. The Bertz CT molecular complexity index is 796. The van der Waals surface area contributed by atoms with Gasteiger partial charge in [-0.25, -0.2) is 9.07 Å². The summed E-state index contributed by atoms with van der Waals surface area (Å²) in [5.74, 6) is -0.850. The maximum atomic E-state index is 13.3. The van der Waals surface area contributed by atoms with E-state index in [0.717, 1.165) is 11.8 Å². The smallest absolute Gasteiger partial charge is 0.198 e. The third-order valence-corrected chi connectivity index (χ3v) is 3.13. The molecular formula is C16H12FN3O. The Kier molecular flexibility index (Phi) is 3.23. The van der Waals surface area contributed by atoms with E-state index in [2.05, 4.69) is 5.10 Å². The number of nitrogen functional groups attached to an aromatic ring is 1. The predicted octanol–water partition coefficient (Wildman–Crippen LogP) is 2.82. The molecule has 1 aromatic heterocycles. The molecule has 0 bridgehead atoms. The molecule has 0 radical (unpaired) electrons. The van der Waals surface area contributed by atoms with Gasteiger partial charge in [-0.15, -0.1) is 0 Å². The average molecular weight is 281 g/mol. The summed E-state index contributed by atoms with van der Waals surface area (Å²) in [6, 6.07) is 13.1. The fourth-order valence-corrected chi connectivity index (χ4v) is 2.04. The van der Waals surface area contributed by atoms with E-state index in [1.165, 1.54) is 18.3 Å². The number of benzene rings is 2. The van der Waals surface area contributed by atoms with Gasteiger partial charge < -0.3 is 5.73 Å². The Morgan fingerprint density at radius 1 is 1.14 bits per heavy atom. The van der Waals surface area contributed by atoms with Gasteiger partial charge in [0.2, 0.25) is 0 Å². The zero-order chi connectivity index (χ0) is 14.8. The van der Waals surface area contributed by atoms with Gasteiger partial charge in [0.15, 0.2) is 5.78 Å². The molecule has 0 spiro atoms. The predicted molar refractivity (Wildman–Crippen MR) is 77.8 cm³/mol. The third kappa shape index (κ3) is 2.53. The van der Waals surface area contributed by atoms with Crippen LogP contribution >= 0.6 is 0 Å². The first-order valence-corrected chi connectivity index (χ1v) is 6.35. The van der Waals surface area contributed by atoms with Crippen molar-refractivity contribution in [3.63, 3.8) is 0 Å². The zero-order valence-corrected chi connectivity index (χ0v) is 11.0. The summed E-state index contributed by atoms with van der Waals surface area (Å²) in [7, 11) is 0. The van der Waals surface area contributed by atoms with E-state index in [0.29, 0.717) is 5.56 Å². The highest BCUT2D eigenvalue weighted by Crippen LogP contribution is 2.18. The van der Waals surface area contributed by atoms with Gasteiger partial charge in [-0.2, -0.15) is 5.10 Å². The van der Waals surface area contributed by atoms with Crippen LogP contribution in [0.5, 0.6) is 0 Å². The molecule has 3 rings (SSSR count). The summed E-state index contributed by atoms with van der Waals surface area (Å²) in [4.78, 5) is 12.4. The molecule has 0 aliphatic carbocycles. The fourth-order valence-electron chi connectivity index (χ4n) is 2.04. The summed E-state index contributed by atoms with van der Waals surface area (Å²) in [5.41, 5.74) is 7.31. The summed E-state index contributed by atoms with van der Waals surface area (Å²) < 4.78 is 14.9. The van der Waals surface area contributed by atoms with Crippen LogP contribution in [-0.4, -0.2) is 15.6 Å². The first kappa shape index (κ1) is 13.1. The number of rotatable bonds is 3. The van der Waals surface area contributed by atoms with Crippen molar-refractivity contribution in [3.05, 3.63) is 77.9 Å². The van der Waals surface area contributed by atoms with E-state index in [4.69, 9.17) is 5.73 Å². The number of aromatic nitrogens is 2. The van der Waals surface area contributed by atoms with Gasteiger partial charge in [-0.3, -0.25) is 4.79 Å². The molecule has 0 saturated heterocycles. The molecule has 0 aliphatic heterocycles. The van der Waals surface area contributed by atoms with E-state index < -0.39 is 5.82 Å². The molecule has 0 atom stereocenters. The van der Waals surface area contributed by atoms with E-state index in [-0.39, 0.29) is 17.0 Å². The second kappa shape index (κ2) is 5.20. The van der Waals surface area contributed by atoms with Crippen molar-refractivity contribution in [2.24, 2.45) is 0 Å². The van der Waals surface area contributed by atoms with E-state index in [1.807, 2.05) is 30.3 Å². The molecule has 0 saturated carbocycles. The van der Waals surface area contributed by atoms with Crippen LogP contribution in [-0.2, 0) is 0 Å². The van der Waals surface area contributed by atoms with Crippen molar-refractivity contribution < 1.29 is 9.18 Å². The molecular weight excluding hydrogens is 269 g/mol. The van der Waals surface area contributed by atoms with Crippen LogP contribution in [0.1, 0.15) is 15.9 Å². The SMILES string of the molecule is Nc1ccc(F)cc1C(=O)c1cnn(-c2ccccc2)c1. The Hall–Kier alpha value is -2.95. The lowest BCUT2D eigenvalue weighted by molar-refractivity contribution is 0.103. The number of hydrogen-bond donors (Lipinski definition) is 1. The Balaban J connectivity index is 1.96. The Morgan fingerprint density at radius 3 is 2.67 bits per heavy atom. The lowest BCUT2D eigenvalue weighted by atomic mass is 10.0. The number of nitrogens with two attached hydrogens (primary N) is 1. The third-order valence-electron chi connectivity index (χ3n) is 3.13. The van der Waals surface area contributed by atoms with E-state index in [1.54, 1.807) is 10.9 Å². The maximum Gasteiger partial charge on any atom is 0.198 e. The summed E-state index contributed by atoms with van der Waals surface area (Å²) in [6.45, 7) is 0. The number of halogens is 1. The molecule has 2 aromatic carbocycles. The quantitative estimate of drug-likeness (QED) is 0.593. The van der Waals surface area contributed by atoms with Crippen molar-refractivity contribution in [2.75, 3.05) is 5.73 Å². The minimum atomic E-state index is -0.497. The molecule has 5 heteroatoms. The molecule has 21 heavy (non-hydrogen) atoms. The van der Waals surface area contributed by atoms with Crippen molar-refractivity contribution in [1.29, 1.82) is 0 Å². The van der Waals surface area contributed by atoms with E-state index >= 15 is 0 Å². The first-order valence-electron chi connectivity index (χ1n) is 6.35. The molecule has 3 aromatic rings. The van der Waals surface area contributed by atoms with Crippen LogP contribution < -0.4 is 5.73 Å². The van der Waals surface area contributed by atoms with Crippen LogP contribution in [0, 0.1) is 5.82 Å². The number of nitrogens with zero attached hydrogens (tertiary/aromatic N) is 2. The van der Waals surface area contributed by atoms with Gasteiger partial charge in [0, 0.05) is 17.4 Å². The van der Waals surface area contributed by atoms with Gasteiger partial charge in [-0.1, -0.05) is 18.2 Å². The van der Waals surface area contributed by atoms with Crippen molar-refractivity contribution in [1.82, 2.24) is 9.78 Å². The van der Waals surface area contributed by atoms with Crippen molar-refractivity contribution in [2.45, 2.75) is 0 Å². The highest BCUT2D eigenvalue weighted by atomic mass is 19.1. The number of ketones is 1. The molecule has 0 amide bonds. The lowest BCUT2D eigenvalue weighted by Gasteiger charge is -2.03. The van der Waals surface area contributed by atoms with Crippen LogP contribution in [0.15, 0.2) is 60.9 Å². The van der Waals surface area contributed by atoms with Gasteiger partial charge in [0.1, 0.15) is 5.82 Å². The molecule has 0 fully saturated rings. The molecule has 2 N–H and O–H groups in total. The highest BCUT2D eigenvalue weighted by molar-refractivity contribution is 6.11. The minimum absolute atomic E-state index is 0.141. The summed E-state index contributed by atoms with van der Waals surface area (Å²) in [5, 5.41) is 4.15. The zero-order valence-electron chi connectivity index (χ0n) is 11.0. The van der Waals surface area contributed by atoms with Crippen LogP contribution in [0.3, 0.4) is 0 Å². The van der Waals surface area contributed by atoms with Crippen molar-refractivity contribution in [3.8, 4) is 5.69 Å². The topological polar surface area (TPSA) is 60.9 Å². The monoisotopic (exact) mass is 281 g/mol. The second-order valence-electron chi connectivity index (χ2n) is 4.57. The normalized spacial score (nSPS) is 10.5. The van der Waals surface area contributed by atoms with Gasteiger partial charge in [0.05, 0.1) is 17.4 Å². The maximum absolute atomic E-state index is 13.3. The number of anilines is 1. The Labute approximate surface area is 120 Å². The first-order chi connectivity index (χ1) is 10.1. The van der Waals surface area contributed by atoms with Gasteiger partial charge in [0.25, 0.3) is 0 Å². The molecule has 0 unspecified atom stereocenters. The largest absolute Gasteiger partial charge is 0.398 e. The second-order valence-corrected chi connectivity index (χ2v) is 4.57. The fraction of sp³-hybridized carbons (Fsp3) is 0. The summed E-state index contributed by atoms with van der Waals surface area (Å²) in [6.07, 6.45) is 3.04. The minimum Gasteiger partial charge on any atom is -0.398 e. The average Bonchev–Trinajstić information content (AvgIpc) is 3.00. The molecule has 4 nitrogen and oxygen atoms in total. The molecule has 0 aliphatic rings. The number of para-hydroxylation sites is 1. The van der Waals surface area contributed by atoms with Crippen LogP contribution in [0.2, 0.25) is 0 Å². The summed E-state index contributed by atoms with van der Waals surface area (Å²) >= 11 is 0.